The number of aliphatic hydroxyl groups is 1. The molecule has 3 atom stereocenters. The summed E-state index contributed by atoms with van der Waals surface area (Å²) in [6, 6.07) is 17.5. The standard InChI is InChI=1S/C35H43N3O5/c1-8-25-15-17-27(18-16-25)31(32(40)36-29-20-19-26-11-9-10-12-28(26)21-29)38(24(4)14-13-23(2)3)33(41)30(22-39)37-34(42)43-35(5,6)7/h1,9-12,15-21,23-24,30-31,39H,13-14,22H2,2-7H3,(H,36,40)(H,37,42). The quantitative estimate of drug-likeness (QED) is 0.238. The minimum absolute atomic E-state index is 0.354. The summed E-state index contributed by atoms with van der Waals surface area (Å²) in [5.74, 6) is 1.88. The lowest BCUT2D eigenvalue weighted by molar-refractivity contribution is -0.144. The van der Waals surface area contributed by atoms with Gasteiger partial charge in [-0.25, -0.2) is 4.79 Å². The molecule has 0 aliphatic heterocycles. The molecule has 0 radical (unpaired) electrons. The molecule has 3 rings (SSSR count). The van der Waals surface area contributed by atoms with Gasteiger partial charge in [0.25, 0.3) is 5.91 Å². The van der Waals surface area contributed by atoms with Gasteiger partial charge in [0.15, 0.2) is 0 Å². The maximum absolute atomic E-state index is 14.2. The van der Waals surface area contributed by atoms with E-state index in [0.29, 0.717) is 29.2 Å². The van der Waals surface area contributed by atoms with E-state index in [2.05, 4.69) is 30.4 Å². The fraction of sp³-hybridized carbons (Fsp3) is 0.400. The average molecular weight is 586 g/mol. The van der Waals surface area contributed by atoms with Crippen LogP contribution in [-0.4, -0.2) is 52.2 Å². The minimum Gasteiger partial charge on any atom is -0.444 e. The fourth-order valence-corrected chi connectivity index (χ4v) is 4.81. The number of nitrogens with zero attached hydrogens (tertiary/aromatic N) is 1. The Morgan fingerprint density at radius 2 is 1.60 bits per heavy atom. The van der Waals surface area contributed by atoms with Gasteiger partial charge >= 0.3 is 6.09 Å². The molecule has 8 nitrogen and oxygen atoms in total. The van der Waals surface area contributed by atoms with E-state index in [4.69, 9.17) is 11.2 Å². The number of alkyl carbamates (subject to hydrolysis) is 1. The third-order valence-electron chi connectivity index (χ3n) is 7.00. The average Bonchev–Trinajstić information content (AvgIpc) is 2.96. The van der Waals surface area contributed by atoms with Crippen LogP contribution in [0.5, 0.6) is 0 Å². The summed E-state index contributed by atoms with van der Waals surface area (Å²) < 4.78 is 5.34. The minimum atomic E-state index is -1.34. The summed E-state index contributed by atoms with van der Waals surface area (Å²) in [5, 5.41) is 17.7. The third kappa shape index (κ3) is 9.32. The number of ether oxygens (including phenoxy) is 1. The zero-order valence-electron chi connectivity index (χ0n) is 25.9. The summed E-state index contributed by atoms with van der Waals surface area (Å²) in [5.41, 5.74) is 0.930. The van der Waals surface area contributed by atoms with Gasteiger partial charge in [-0.05, 0) is 87.1 Å². The number of benzene rings is 3. The summed E-state index contributed by atoms with van der Waals surface area (Å²) in [6.45, 7) is 10.5. The van der Waals surface area contributed by atoms with E-state index in [1.165, 1.54) is 4.90 Å². The molecule has 3 amide bonds. The number of terminal acetylenes is 1. The lowest BCUT2D eigenvalue weighted by atomic mass is 9.96. The summed E-state index contributed by atoms with van der Waals surface area (Å²) >= 11 is 0. The number of nitrogens with one attached hydrogen (secondary N) is 2. The van der Waals surface area contributed by atoms with Crippen LogP contribution >= 0.6 is 0 Å². The monoisotopic (exact) mass is 585 g/mol. The second-order valence-corrected chi connectivity index (χ2v) is 12.2. The Hall–Kier alpha value is -4.35. The van der Waals surface area contributed by atoms with E-state index in [0.717, 1.165) is 17.2 Å². The van der Waals surface area contributed by atoms with Crippen LogP contribution < -0.4 is 10.6 Å². The Morgan fingerprint density at radius 1 is 0.953 bits per heavy atom. The summed E-state index contributed by atoms with van der Waals surface area (Å²) in [7, 11) is 0. The van der Waals surface area contributed by atoms with Gasteiger partial charge in [-0.1, -0.05) is 62.2 Å². The SMILES string of the molecule is C#Cc1ccc(C(C(=O)Nc2ccc3ccccc3c2)N(C(=O)C(CO)NC(=O)OC(C)(C)C)C(C)CCC(C)C)cc1. The molecule has 3 aromatic rings. The van der Waals surface area contributed by atoms with E-state index >= 15 is 0 Å². The number of aliphatic hydroxyl groups excluding tert-OH is 1. The van der Waals surface area contributed by atoms with Crippen LogP contribution in [0.4, 0.5) is 10.5 Å². The first-order valence-electron chi connectivity index (χ1n) is 14.6. The van der Waals surface area contributed by atoms with E-state index in [1.807, 2.05) is 49.4 Å². The maximum atomic E-state index is 14.2. The second-order valence-electron chi connectivity index (χ2n) is 12.2. The van der Waals surface area contributed by atoms with Crippen LogP contribution in [0.2, 0.25) is 0 Å². The Balaban J connectivity index is 2.07. The molecule has 0 aromatic heterocycles. The molecule has 0 heterocycles. The number of hydrogen-bond donors (Lipinski definition) is 3. The number of amides is 3. The van der Waals surface area contributed by atoms with E-state index in [1.54, 1.807) is 45.0 Å². The van der Waals surface area contributed by atoms with Gasteiger partial charge in [0.1, 0.15) is 17.7 Å². The van der Waals surface area contributed by atoms with Crippen LogP contribution in [-0.2, 0) is 14.3 Å². The molecule has 228 valence electrons. The van der Waals surface area contributed by atoms with Crippen molar-refractivity contribution in [1.82, 2.24) is 10.2 Å². The number of hydrogen-bond acceptors (Lipinski definition) is 5. The molecular formula is C35H43N3O5. The van der Waals surface area contributed by atoms with Gasteiger partial charge in [-0.3, -0.25) is 9.59 Å². The molecule has 8 heteroatoms. The molecule has 3 unspecified atom stereocenters. The smallest absolute Gasteiger partial charge is 0.408 e. The van der Waals surface area contributed by atoms with Crippen molar-refractivity contribution < 1.29 is 24.2 Å². The number of anilines is 1. The number of fused-ring (bicyclic) bond motifs is 1. The first-order chi connectivity index (χ1) is 20.3. The van der Waals surface area contributed by atoms with Crippen molar-refractivity contribution in [2.45, 2.75) is 78.1 Å². The lowest BCUT2D eigenvalue weighted by Crippen LogP contribution is -2.56. The zero-order chi connectivity index (χ0) is 31.7. The molecule has 0 spiro atoms. The van der Waals surface area contributed by atoms with Crippen molar-refractivity contribution >= 4 is 34.4 Å². The predicted octanol–water partition coefficient (Wildman–Crippen LogP) is 6.04. The molecule has 3 aromatic carbocycles. The van der Waals surface area contributed by atoms with Crippen LogP contribution in [0, 0.1) is 18.3 Å². The normalized spacial score (nSPS) is 13.5. The van der Waals surface area contributed by atoms with Crippen LogP contribution in [0.1, 0.15) is 71.6 Å². The third-order valence-corrected chi connectivity index (χ3v) is 7.00. The highest BCUT2D eigenvalue weighted by atomic mass is 16.6. The summed E-state index contributed by atoms with van der Waals surface area (Å²) in [6.07, 6.45) is 6.13. The molecule has 0 aliphatic rings. The van der Waals surface area contributed by atoms with Crippen molar-refractivity contribution in [1.29, 1.82) is 0 Å². The highest BCUT2D eigenvalue weighted by Gasteiger charge is 2.39. The Kier molecular flexibility index (Phi) is 11.3. The van der Waals surface area contributed by atoms with Crippen molar-refractivity contribution in [2.24, 2.45) is 5.92 Å². The summed E-state index contributed by atoms with van der Waals surface area (Å²) in [4.78, 5) is 42.5. The first-order valence-corrected chi connectivity index (χ1v) is 14.6. The van der Waals surface area contributed by atoms with Gasteiger partial charge in [0.2, 0.25) is 5.91 Å². The number of carbonyl (C=O) groups is 3. The van der Waals surface area contributed by atoms with Crippen molar-refractivity contribution in [2.75, 3.05) is 11.9 Å². The predicted molar refractivity (Wildman–Crippen MR) is 170 cm³/mol. The van der Waals surface area contributed by atoms with Crippen LogP contribution in [0.15, 0.2) is 66.7 Å². The van der Waals surface area contributed by atoms with Crippen molar-refractivity contribution in [3.63, 3.8) is 0 Å². The van der Waals surface area contributed by atoms with Gasteiger partial charge in [-0.15, -0.1) is 6.42 Å². The first kappa shape index (κ1) is 33.2. The van der Waals surface area contributed by atoms with Crippen LogP contribution in [0.3, 0.4) is 0 Å². The van der Waals surface area contributed by atoms with Gasteiger partial charge in [-0.2, -0.15) is 0 Å². The van der Waals surface area contributed by atoms with Gasteiger partial charge in [0.05, 0.1) is 6.61 Å². The van der Waals surface area contributed by atoms with Gasteiger partial charge in [0, 0.05) is 17.3 Å². The molecule has 0 saturated carbocycles. The molecule has 0 fully saturated rings. The molecule has 0 bridgehead atoms. The molecule has 43 heavy (non-hydrogen) atoms. The zero-order valence-corrected chi connectivity index (χ0v) is 25.9. The van der Waals surface area contributed by atoms with Gasteiger partial charge < -0.3 is 25.4 Å². The second kappa shape index (κ2) is 14.7. The fourth-order valence-electron chi connectivity index (χ4n) is 4.81. The molecule has 3 N–H and O–H groups in total. The van der Waals surface area contributed by atoms with E-state index in [-0.39, 0.29) is 0 Å². The van der Waals surface area contributed by atoms with Crippen molar-refractivity contribution in [3.8, 4) is 12.3 Å². The topological polar surface area (TPSA) is 108 Å². The highest BCUT2D eigenvalue weighted by molar-refractivity contribution is 6.00. The number of rotatable bonds is 11. The van der Waals surface area contributed by atoms with Crippen LogP contribution in [0.25, 0.3) is 10.8 Å². The van der Waals surface area contributed by atoms with E-state index < -0.39 is 48.2 Å². The lowest BCUT2D eigenvalue weighted by Gasteiger charge is -2.38. The highest BCUT2D eigenvalue weighted by Crippen LogP contribution is 2.29. The van der Waals surface area contributed by atoms with E-state index in [9.17, 15) is 19.5 Å². The largest absolute Gasteiger partial charge is 0.444 e. The van der Waals surface area contributed by atoms with Crippen molar-refractivity contribution in [3.05, 3.63) is 77.9 Å². The number of carbonyl (C=O) groups excluding carboxylic acids is 3. The molecule has 0 aliphatic carbocycles. The molecular weight excluding hydrogens is 542 g/mol. The Bertz CT molecular complexity index is 1450. The maximum Gasteiger partial charge on any atom is 0.408 e. The Labute approximate surface area is 254 Å². The Morgan fingerprint density at radius 3 is 2.19 bits per heavy atom. The molecule has 0 saturated heterocycles.